The van der Waals surface area contributed by atoms with Crippen LogP contribution in [-0.2, 0) is 0 Å². The molecule has 0 aliphatic carbocycles. The highest BCUT2D eigenvalue weighted by atomic mass is 79.9. The van der Waals surface area contributed by atoms with Crippen LogP contribution in [0.2, 0.25) is 5.02 Å². The molecule has 0 fully saturated rings. The van der Waals surface area contributed by atoms with Gasteiger partial charge in [0.25, 0.3) is 0 Å². The fourth-order valence-electron chi connectivity index (χ4n) is 1.20. The van der Waals surface area contributed by atoms with Gasteiger partial charge in [-0.1, -0.05) is 27.5 Å². The molecule has 0 unspecified atom stereocenters. The zero-order chi connectivity index (χ0) is 9.42. The molecule has 13 heavy (non-hydrogen) atoms. The van der Waals surface area contributed by atoms with E-state index in [0.717, 1.165) is 15.4 Å². The van der Waals surface area contributed by atoms with Crippen LogP contribution in [0, 0.1) is 0 Å². The van der Waals surface area contributed by atoms with E-state index in [4.69, 9.17) is 17.3 Å². The number of pyridine rings is 1. The smallest absolute Gasteiger partial charge is 0.0909 e. The highest BCUT2D eigenvalue weighted by Crippen LogP contribution is 2.29. The lowest BCUT2D eigenvalue weighted by Gasteiger charge is -2.03. The Labute approximate surface area is 88.8 Å². The Balaban J connectivity index is 2.94. The highest BCUT2D eigenvalue weighted by Gasteiger charge is 2.04. The van der Waals surface area contributed by atoms with Crippen LogP contribution < -0.4 is 5.73 Å². The van der Waals surface area contributed by atoms with Gasteiger partial charge in [-0.15, -0.1) is 0 Å². The lowest BCUT2D eigenvalue weighted by molar-refractivity contribution is 1.41. The summed E-state index contributed by atoms with van der Waals surface area (Å²) in [6.07, 6.45) is 1.65. The zero-order valence-electron chi connectivity index (χ0n) is 6.59. The van der Waals surface area contributed by atoms with Gasteiger partial charge in [0.1, 0.15) is 0 Å². The molecule has 0 radical (unpaired) electrons. The van der Waals surface area contributed by atoms with Crippen molar-refractivity contribution in [1.29, 1.82) is 0 Å². The fraction of sp³-hybridized carbons (Fsp3) is 0. The monoisotopic (exact) mass is 256 g/mol. The number of aromatic nitrogens is 1. The molecule has 1 heterocycles. The average molecular weight is 258 g/mol. The summed E-state index contributed by atoms with van der Waals surface area (Å²) >= 11 is 9.34. The number of rotatable bonds is 0. The number of fused-ring (bicyclic) bond motifs is 1. The molecule has 1 aromatic heterocycles. The summed E-state index contributed by atoms with van der Waals surface area (Å²) in [4.78, 5) is 4.15. The number of hydrogen-bond acceptors (Lipinski definition) is 2. The predicted octanol–water partition coefficient (Wildman–Crippen LogP) is 3.23. The van der Waals surface area contributed by atoms with E-state index in [0.29, 0.717) is 10.7 Å². The van der Waals surface area contributed by atoms with E-state index < -0.39 is 0 Å². The van der Waals surface area contributed by atoms with Gasteiger partial charge >= 0.3 is 0 Å². The molecule has 0 saturated heterocycles. The van der Waals surface area contributed by atoms with Crippen LogP contribution in [0.15, 0.2) is 28.9 Å². The van der Waals surface area contributed by atoms with Crippen LogP contribution in [0.4, 0.5) is 5.69 Å². The van der Waals surface area contributed by atoms with Crippen LogP contribution >= 0.6 is 27.5 Å². The molecule has 0 bridgehead atoms. The Morgan fingerprint density at radius 2 is 2.15 bits per heavy atom. The van der Waals surface area contributed by atoms with Crippen molar-refractivity contribution >= 4 is 44.1 Å². The second-order valence-corrected chi connectivity index (χ2v) is 4.01. The van der Waals surface area contributed by atoms with Crippen molar-refractivity contribution in [3.63, 3.8) is 0 Å². The number of hydrogen-bond donors (Lipinski definition) is 1. The van der Waals surface area contributed by atoms with E-state index in [1.807, 2.05) is 6.07 Å². The summed E-state index contributed by atoms with van der Waals surface area (Å²) in [7, 11) is 0. The number of nitrogens with two attached hydrogens (primary N) is 1. The van der Waals surface area contributed by atoms with Crippen molar-refractivity contribution in [2.75, 3.05) is 5.73 Å². The Hall–Kier alpha value is -0.800. The normalized spacial score (nSPS) is 10.6. The molecule has 1 aromatic carbocycles. The maximum atomic E-state index is 5.99. The number of halogens is 2. The number of benzene rings is 1. The van der Waals surface area contributed by atoms with E-state index in [1.165, 1.54) is 0 Å². The largest absolute Gasteiger partial charge is 0.398 e. The van der Waals surface area contributed by atoms with Gasteiger partial charge in [-0.3, -0.25) is 4.98 Å². The molecule has 2 nitrogen and oxygen atoms in total. The molecule has 0 spiro atoms. The quantitative estimate of drug-likeness (QED) is 0.787. The van der Waals surface area contributed by atoms with Gasteiger partial charge in [0, 0.05) is 21.7 Å². The molecule has 0 atom stereocenters. The molecular formula is C9H6BrClN2. The minimum Gasteiger partial charge on any atom is -0.398 e. The van der Waals surface area contributed by atoms with Gasteiger partial charge in [-0.25, -0.2) is 0 Å². The van der Waals surface area contributed by atoms with Crippen LogP contribution in [-0.4, -0.2) is 4.98 Å². The molecule has 0 aliphatic rings. The van der Waals surface area contributed by atoms with Gasteiger partial charge in [0.15, 0.2) is 0 Å². The van der Waals surface area contributed by atoms with Crippen LogP contribution in [0.3, 0.4) is 0 Å². The first-order valence-electron chi connectivity index (χ1n) is 3.68. The third-order valence-electron chi connectivity index (χ3n) is 1.80. The van der Waals surface area contributed by atoms with Gasteiger partial charge in [0.2, 0.25) is 0 Å². The minimum absolute atomic E-state index is 0.608. The molecule has 2 N–H and O–H groups in total. The van der Waals surface area contributed by atoms with Crippen LogP contribution in [0.5, 0.6) is 0 Å². The summed E-state index contributed by atoms with van der Waals surface area (Å²) in [6.45, 7) is 0. The Morgan fingerprint density at radius 1 is 1.38 bits per heavy atom. The number of nitrogens with zero attached hydrogens (tertiary/aromatic N) is 1. The van der Waals surface area contributed by atoms with E-state index in [-0.39, 0.29) is 0 Å². The molecule has 0 amide bonds. The topological polar surface area (TPSA) is 38.9 Å². The first-order chi connectivity index (χ1) is 6.18. The molecule has 4 heteroatoms. The Bertz CT molecular complexity index is 470. The summed E-state index contributed by atoms with van der Waals surface area (Å²) in [5, 5.41) is 1.48. The van der Waals surface area contributed by atoms with E-state index in [1.54, 1.807) is 18.3 Å². The zero-order valence-corrected chi connectivity index (χ0v) is 8.93. The molecular weight excluding hydrogens is 251 g/mol. The first-order valence-corrected chi connectivity index (χ1v) is 4.85. The van der Waals surface area contributed by atoms with Gasteiger partial charge in [-0.05, 0) is 18.2 Å². The van der Waals surface area contributed by atoms with Gasteiger partial charge in [0.05, 0.1) is 10.5 Å². The first kappa shape index (κ1) is 8.78. The Kier molecular flexibility index (Phi) is 2.14. The third kappa shape index (κ3) is 1.49. The SMILES string of the molecule is Nc1ccnc2c(Cl)cc(Br)cc12. The summed E-state index contributed by atoms with van der Waals surface area (Å²) in [5.41, 5.74) is 7.20. The average Bonchev–Trinajstić information content (AvgIpc) is 2.07. The second-order valence-electron chi connectivity index (χ2n) is 2.68. The fourth-order valence-corrected chi connectivity index (χ4v) is 2.06. The minimum atomic E-state index is 0.608. The van der Waals surface area contributed by atoms with Crippen molar-refractivity contribution < 1.29 is 0 Å². The van der Waals surface area contributed by atoms with E-state index in [2.05, 4.69) is 20.9 Å². The van der Waals surface area contributed by atoms with Crippen molar-refractivity contribution in [3.05, 3.63) is 33.9 Å². The summed E-state index contributed by atoms with van der Waals surface area (Å²) in [6, 6.07) is 5.46. The van der Waals surface area contributed by atoms with E-state index >= 15 is 0 Å². The molecule has 2 rings (SSSR count). The summed E-state index contributed by atoms with van der Waals surface area (Å²) in [5.74, 6) is 0. The van der Waals surface area contributed by atoms with Crippen LogP contribution in [0.1, 0.15) is 0 Å². The summed E-state index contributed by atoms with van der Waals surface area (Å²) < 4.78 is 0.907. The standard InChI is InChI=1S/C9H6BrClN2/c10-5-3-6-8(12)1-2-13-9(6)7(11)4-5/h1-4H,(H2,12,13). The molecule has 2 aromatic rings. The molecule has 0 saturated carbocycles. The van der Waals surface area contributed by atoms with Crippen molar-refractivity contribution in [1.82, 2.24) is 4.98 Å². The second kappa shape index (κ2) is 3.16. The Morgan fingerprint density at radius 3 is 2.92 bits per heavy atom. The molecule has 0 aliphatic heterocycles. The molecule has 66 valence electrons. The highest BCUT2D eigenvalue weighted by molar-refractivity contribution is 9.10. The van der Waals surface area contributed by atoms with Gasteiger partial charge in [-0.2, -0.15) is 0 Å². The lowest BCUT2D eigenvalue weighted by Crippen LogP contribution is -1.89. The number of anilines is 1. The predicted molar refractivity (Wildman–Crippen MR) is 58.9 cm³/mol. The van der Waals surface area contributed by atoms with Crippen molar-refractivity contribution in [3.8, 4) is 0 Å². The van der Waals surface area contributed by atoms with Crippen molar-refractivity contribution in [2.24, 2.45) is 0 Å². The van der Waals surface area contributed by atoms with Gasteiger partial charge < -0.3 is 5.73 Å². The maximum absolute atomic E-state index is 5.99. The van der Waals surface area contributed by atoms with Crippen molar-refractivity contribution in [2.45, 2.75) is 0 Å². The van der Waals surface area contributed by atoms with E-state index in [9.17, 15) is 0 Å². The van der Waals surface area contributed by atoms with Crippen LogP contribution in [0.25, 0.3) is 10.9 Å². The number of nitrogen functional groups attached to an aromatic ring is 1. The lowest BCUT2D eigenvalue weighted by atomic mass is 10.2. The third-order valence-corrected chi connectivity index (χ3v) is 2.54. The maximum Gasteiger partial charge on any atom is 0.0909 e.